The molecule has 0 aliphatic rings. The summed E-state index contributed by atoms with van der Waals surface area (Å²) < 4.78 is 39.1. The summed E-state index contributed by atoms with van der Waals surface area (Å²) in [6.45, 7) is 6.51. The first-order chi connectivity index (χ1) is 14.3. The van der Waals surface area contributed by atoms with E-state index in [1.807, 2.05) is 0 Å². The quantitative estimate of drug-likeness (QED) is 0.304. The highest BCUT2D eigenvalue weighted by molar-refractivity contribution is 6.73. The molecule has 166 valence electrons. The summed E-state index contributed by atoms with van der Waals surface area (Å²) in [6, 6.07) is 10.1. The van der Waals surface area contributed by atoms with Gasteiger partial charge in [-0.3, -0.25) is 0 Å². The molecule has 7 heteroatoms. The Morgan fingerprint density at radius 3 is 1.90 bits per heavy atom. The number of hydrogen-bond acceptors (Lipinski definition) is 2. The lowest BCUT2D eigenvalue weighted by Crippen LogP contribution is -2.37. The number of halogens is 4. The smallest absolute Gasteiger partial charge is 0.192 e. The molecule has 0 spiro atoms. The molecule has 0 aliphatic heterocycles. The average molecular weight is 475 g/mol. The molecule has 0 fully saturated rings. The van der Waals surface area contributed by atoms with Crippen molar-refractivity contribution in [3.8, 4) is 5.75 Å². The minimum atomic E-state index is -1.95. The number of benzene rings is 2. The van der Waals surface area contributed by atoms with Crippen molar-refractivity contribution < 1.29 is 17.9 Å². The first kappa shape index (κ1) is 25.1. The van der Waals surface area contributed by atoms with Crippen LogP contribution in [0.1, 0.15) is 50.8 Å². The monoisotopic (exact) mass is 474 g/mol. The van der Waals surface area contributed by atoms with E-state index >= 15 is 0 Å². The summed E-state index contributed by atoms with van der Waals surface area (Å²) >= 11 is 13.2. The lowest BCUT2D eigenvalue weighted by atomic mass is 10.0. The molecule has 1 atom stereocenters. The van der Waals surface area contributed by atoms with Crippen LogP contribution in [-0.4, -0.2) is 15.4 Å². The number of rotatable bonds is 11. The highest BCUT2D eigenvalue weighted by Crippen LogP contribution is 2.41. The van der Waals surface area contributed by atoms with Gasteiger partial charge in [-0.1, -0.05) is 44.0 Å². The van der Waals surface area contributed by atoms with Crippen LogP contribution in [0.3, 0.4) is 0 Å². The van der Waals surface area contributed by atoms with Gasteiger partial charge in [0.05, 0.1) is 23.3 Å². The fourth-order valence-corrected chi connectivity index (χ4v) is 7.35. The summed E-state index contributed by atoms with van der Waals surface area (Å²) in [4.78, 5) is 0. The molecule has 1 unspecified atom stereocenters. The lowest BCUT2D eigenvalue weighted by Gasteiger charge is -2.34. The van der Waals surface area contributed by atoms with Crippen molar-refractivity contribution in [3.05, 3.63) is 63.1 Å². The minimum absolute atomic E-state index is 0.277. The van der Waals surface area contributed by atoms with E-state index in [9.17, 15) is 8.78 Å². The zero-order valence-corrected chi connectivity index (χ0v) is 20.5. The van der Waals surface area contributed by atoms with Crippen molar-refractivity contribution in [1.29, 1.82) is 0 Å². The molecule has 0 aromatic heterocycles. The Balaban J connectivity index is 2.29. The summed E-state index contributed by atoms with van der Waals surface area (Å²) in [5.74, 6) is -0.533. The predicted octanol–water partition coefficient (Wildman–Crippen LogP) is 8.37. The number of aryl methyl sites for hydroxylation is 1. The molecule has 0 aliphatic carbocycles. The van der Waals surface area contributed by atoms with Crippen molar-refractivity contribution in [2.75, 3.05) is 7.11 Å². The number of ether oxygens (including phenoxy) is 1. The van der Waals surface area contributed by atoms with Crippen LogP contribution < -0.4 is 4.74 Å². The van der Waals surface area contributed by atoms with Gasteiger partial charge in [0.1, 0.15) is 17.4 Å². The van der Waals surface area contributed by atoms with Gasteiger partial charge in [0.25, 0.3) is 0 Å². The van der Waals surface area contributed by atoms with E-state index in [0.29, 0.717) is 40.6 Å². The highest BCUT2D eigenvalue weighted by atomic mass is 35.5. The largest absolute Gasteiger partial charge is 0.497 e. The summed E-state index contributed by atoms with van der Waals surface area (Å²) in [5, 5.41) is 1.01. The topological polar surface area (TPSA) is 18.5 Å². The molecular formula is C23H30Cl2F2O2Si. The van der Waals surface area contributed by atoms with Gasteiger partial charge < -0.3 is 9.16 Å². The molecule has 2 aromatic rings. The molecule has 2 rings (SSSR count). The Kier molecular flexibility index (Phi) is 9.60. The van der Waals surface area contributed by atoms with Gasteiger partial charge in [-0.05, 0) is 67.2 Å². The zero-order chi connectivity index (χ0) is 22.3. The summed E-state index contributed by atoms with van der Waals surface area (Å²) in [7, 11) is -0.380. The number of hydrogen-bond donors (Lipinski definition) is 0. The van der Waals surface area contributed by atoms with E-state index in [4.69, 9.17) is 32.4 Å². The Morgan fingerprint density at radius 2 is 1.43 bits per heavy atom. The van der Waals surface area contributed by atoms with Gasteiger partial charge in [-0.25, -0.2) is 8.78 Å². The van der Waals surface area contributed by atoms with Crippen LogP contribution in [0.25, 0.3) is 0 Å². The average Bonchev–Trinajstić information content (AvgIpc) is 2.70. The van der Waals surface area contributed by atoms with Crippen molar-refractivity contribution in [2.24, 2.45) is 0 Å². The molecule has 0 heterocycles. The maximum Gasteiger partial charge on any atom is 0.192 e. The van der Waals surface area contributed by atoms with Gasteiger partial charge in [0, 0.05) is 11.6 Å². The zero-order valence-electron chi connectivity index (χ0n) is 18.0. The van der Waals surface area contributed by atoms with E-state index in [2.05, 4.69) is 20.8 Å². The van der Waals surface area contributed by atoms with E-state index in [0.717, 1.165) is 29.8 Å². The maximum atomic E-state index is 13.5. The Hall–Kier alpha value is -1.14. The van der Waals surface area contributed by atoms with Crippen LogP contribution in [0.5, 0.6) is 5.75 Å². The van der Waals surface area contributed by atoms with Crippen LogP contribution in [0, 0.1) is 11.6 Å². The number of methoxy groups -OCH3 is 1. The molecule has 0 radical (unpaired) electrons. The highest BCUT2D eigenvalue weighted by Gasteiger charge is 2.34. The van der Waals surface area contributed by atoms with E-state index in [1.54, 1.807) is 19.2 Å². The Morgan fingerprint density at radius 1 is 0.900 bits per heavy atom. The molecule has 30 heavy (non-hydrogen) atoms. The van der Waals surface area contributed by atoms with Gasteiger partial charge >= 0.3 is 0 Å². The van der Waals surface area contributed by atoms with Crippen molar-refractivity contribution in [1.82, 2.24) is 0 Å². The van der Waals surface area contributed by atoms with Crippen LogP contribution in [0.15, 0.2) is 30.3 Å². The molecule has 0 saturated heterocycles. The van der Waals surface area contributed by atoms with Gasteiger partial charge in [-0.2, -0.15) is 0 Å². The molecule has 0 saturated carbocycles. The third-order valence-corrected chi connectivity index (χ3v) is 11.1. The second kappa shape index (κ2) is 11.5. The van der Waals surface area contributed by atoms with Gasteiger partial charge in [-0.15, -0.1) is 0 Å². The van der Waals surface area contributed by atoms with Crippen LogP contribution >= 0.6 is 23.2 Å². The molecule has 2 nitrogen and oxygen atoms in total. The fourth-order valence-electron chi connectivity index (χ4n) is 3.80. The standard InChI is InChI=1S/C23H30Cl2F2O2Si/c1-5-30(6-2,7-3)29-22(23-20(24)14-19(28-4)15-21(23)25)10-8-9-16-11-17(26)13-18(27)12-16/h11-15,22H,5-10H2,1-4H3. The van der Waals surface area contributed by atoms with E-state index in [1.165, 1.54) is 12.1 Å². The third kappa shape index (κ3) is 6.43. The summed E-state index contributed by atoms with van der Waals surface area (Å²) in [5.41, 5.74) is 1.39. The SMILES string of the molecule is CC[Si](CC)(CC)OC(CCCc1cc(F)cc(F)c1)c1c(Cl)cc(OC)cc1Cl. The fraction of sp³-hybridized carbons (Fsp3) is 0.478. The molecule has 0 N–H and O–H groups in total. The Bertz CT molecular complexity index is 792. The predicted molar refractivity (Wildman–Crippen MR) is 123 cm³/mol. The van der Waals surface area contributed by atoms with E-state index < -0.39 is 20.0 Å². The van der Waals surface area contributed by atoms with Crippen molar-refractivity contribution in [3.63, 3.8) is 0 Å². The first-order valence-corrected chi connectivity index (χ1v) is 13.7. The van der Waals surface area contributed by atoms with E-state index in [-0.39, 0.29) is 6.10 Å². The van der Waals surface area contributed by atoms with Gasteiger partial charge in [0.15, 0.2) is 8.32 Å². The van der Waals surface area contributed by atoms with Crippen molar-refractivity contribution >= 4 is 31.5 Å². The first-order valence-electron chi connectivity index (χ1n) is 10.4. The van der Waals surface area contributed by atoms with Crippen LogP contribution in [0.4, 0.5) is 8.78 Å². The summed E-state index contributed by atoms with van der Waals surface area (Å²) in [6.07, 6.45) is 1.60. The Labute approximate surface area is 189 Å². The molecule has 0 bridgehead atoms. The normalized spacial score (nSPS) is 12.8. The second-order valence-corrected chi connectivity index (χ2v) is 13.1. The lowest BCUT2D eigenvalue weighted by molar-refractivity contribution is 0.176. The third-order valence-electron chi connectivity index (χ3n) is 5.79. The molecule has 2 aromatic carbocycles. The van der Waals surface area contributed by atoms with Crippen LogP contribution in [-0.2, 0) is 10.8 Å². The second-order valence-electron chi connectivity index (χ2n) is 7.52. The molecule has 0 amide bonds. The molecular weight excluding hydrogens is 445 g/mol. The van der Waals surface area contributed by atoms with Gasteiger partial charge in [0.2, 0.25) is 0 Å². The van der Waals surface area contributed by atoms with Crippen molar-refractivity contribution in [2.45, 2.75) is 64.3 Å². The minimum Gasteiger partial charge on any atom is -0.497 e. The maximum absolute atomic E-state index is 13.5. The van der Waals surface area contributed by atoms with Crippen LogP contribution in [0.2, 0.25) is 28.2 Å².